The van der Waals surface area contributed by atoms with E-state index in [1.165, 1.54) is 6.39 Å². The smallest absolute Gasteiger partial charge is 0.182 e. The maximum Gasteiger partial charge on any atom is 0.182 e. The molecule has 0 bridgehead atoms. The van der Waals surface area contributed by atoms with Crippen LogP contribution in [-0.4, -0.2) is 24.5 Å². The van der Waals surface area contributed by atoms with E-state index in [1.807, 2.05) is 78.9 Å². The first-order valence-corrected chi connectivity index (χ1v) is 13.1. The molecule has 0 atom stereocenters. The Labute approximate surface area is 229 Å². The van der Waals surface area contributed by atoms with Crippen LogP contribution in [0.25, 0.3) is 72.8 Å². The number of fused-ring (bicyclic) bond motifs is 5. The lowest BCUT2D eigenvalue weighted by Crippen LogP contribution is -2.01. The largest absolute Gasteiger partial charge is 0.443 e. The third-order valence-electron chi connectivity index (χ3n) is 7.20. The molecule has 0 spiro atoms. The van der Waals surface area contributed by atoms with Gasteiger partial charge in [-0.05, 0) is 30.3 Å². The van der Waals surface area contributed by atoms with Crippen molar-refractivity contribution < 1.29 is 4.42 Å². The van der Waals surface area contributed by atoms with Crippen LogP contribution in [0, 0.1) is 0 Å². The first-order valence-electron chi connectivity index (χ1n) is 13.1. The normalized spacial score (nSPS) is 11.5. The van der Waals surface area contributed by atoms with Gasteiger partial charge in [-0.1, -0.05) is 91.0 Å². The van der Waals surface area contributed by atoms with Gasteiger partial charge in [0.1, 0.15) is 5.52 Å². The summed E-state index contributed by atoms with van der Waals surface area (Å²) in [4.78, 5) is 19.3. The molecule has 3 heterocycles. The highest BCUT2D eigenvalue weighted by molar-refractivity contribution is 6.16. The Hall–Kier alpha value is -5.62. The number of hydrogen-bond donors (Lipinski definition) is 0. The molecule has 0 aliphatic heterocycles. The third kappa shape index (κ3) is 3.58. The zero-order valence-corrected chi connectivity index (χ0v) is 21.3. The van der Waals surface area contributed by atoms with Crippen molar-refractivity contribution >= 4 is 32.9 Å². The zero-order chi connectivity index (χ0) is 26.5. The van der Waals surface area contributed by atoms with E-state index in [1.54, 1.807) is 0 Å². The van der Waals surface area contributed by atoms with Crippen molar-refractivity contribution in [1.82, 2.24) is 24.5 Å². The maximum atomic E-state index is 5.66. The Bertz CT molecular complexity index is 2110. The van der Waals surface area contributed by atoms with E-state index in [4.69, 9.17) is 19.4 Å². The predicted octanol–water partition coefficient (Wildman–Crippen LogP) is 8.11. The van der Waals surface area contributed by atoms with Crippen LogP contribution in [-0.2, 0) is 0 Å². The summed E-state index contributed by atoms with van der Waals surface area (Å²) in [5, 5.41) is 2.28. The summed E-state index contributed by atoms with van der Waals surface area (Å²) in [6.45, 7) is 0. The molecule has 8 rings (SSSR count). The van der Waals surface area contributed by atoms with Crippen molar-refractivity contribution in [3.05, 3.63) is 128 Å². The molecule has 0 aliphatic rings. The second-order valence-corrected chi connectivity index (χ2v) is 9.60. The lowest BCUT2D eigenvalue weighted by molar-refractivity contribution is 0.602. The molecule has 3 aromatic heterocycles. The van der Waals surface area contributed by atoms with E-state index in [-0.39, 0.29) is 0 Å². The van der Waals surface area contributed by atoms with Crippen molar-refractivity contribution in [3.63, 3.8) is 0 Å². The standard InChI is InChI=1S/C34H21N5O/c1-3-10-22(11-4-1)32-36-33(23-12-5-2-6-13-23)38-34(37-32)24-14-9-15-25(20-24)39-28-17-8-7-16-26(28)27-18-19-29-30(31(27)39)35-21-40-29/h1-21H. The Morgan fingerprint density at radius 1 is 0.525 bits per heavy atom. The topological polar surface area (TPSA) is 69.6 Å². The molecule has 0 N–H and O–H groups in total. The van der Waals surface area contributed by atoms with Gasteiger partial charge in [-0.2, -0.15) is 0 Å². The first kappa shape index (κ1) is 22.4. The van der Waals surface area contributed by atoms with Crippen LogP contribution < -0.4 is 0 Å². The van der Waals surface area contributed by atoms with Gasteiger partial charge in [0.05, 0.1) is 11.0 Å². The molecule has 188 valence electrons. The molecule has 6 heteroatoms. The van der Waals surface area contributed by atoms with Crippen LogP contribution in [0.4, 0.5) is 0 Å². The molecule has 6 nitrogen and oxygen atoms in total. The molecule has 8 aromatic rings. The van der Waals surface area contributed by atoms with Gasteiger partial charge in [0, 0.05) is 33.2 Å². The zero-order valence-electron chi connectivity index (χ0n) is 21.3. The molecule has 0 fully saturated rings. The molecule has 0 amide bonds. The SMILES string of the molecule is c1ccc(-c2nc(-c3ccccc3)nc(-c3cccc(-n4c5ccccc5c5ccc6ocnc6c54)c3)n2)cc1. The molecule has 0 saturated heterocycles. The minimum Gasteiger partial charge on any atom is -0.443 e. The monoisotopic (exact) mass is 515 g/mol. The van der Waals surface area contributed by atoms with E-state index in [0.717, 1.165) is 55.3 Å². The van der Waals surface area contributed by atoms with Crippen LogP contribution in [0.15, 0.2) is 132 Å². The molecule has 5 aromatic carbocycles. The van der Waals surface area contributed by atoms with Crippen LogP contribution in [0.1, 0.15) is 0 Å². The number of oxazole rings is 1. The quantitative estimate of drug-likeness (QED) is 0.237. The minimum absolute atomic E-state index is 0.613. The van der Waals surface area contributed by atoms with Crippen molar-refractivity contribution in [2.45, 2.75) is 0 Å². The summed E-state index contributed by atoms with van der Waals surface area (Å²) in [5.74, 6) is 1.88. The van der Waals surface area contributed by atoms with Crippen LogP contribution >= 0.6 is 0 Å². The average molecular weight is 516 g/mol. The van der Waals surface area contributed by atoms with Gasteiger partial charge in [-0.15, -0.1) is 0 Å². The number of benzene rings is 5. The Kier molecular flexibility index (Phi) is 5.03. The van der Waals surface area contributed by atoms with Gasteiger partial charge >= 0.3 is 0 Å². The average Bonchev–Trinajstić information content (AvgIpc) is 3.65. The Balaban J connectivity index is 1.37. The van der Waals surface area contributed by atoms with Crippen molar-refractivity contribution in [1.29, 1.82) is 0 Å². The highest BCUT2D eigenvalue weighted by atomic mass is 16.3. The summed E-state index contributed by atoms with van der Waals surface area (Å²) < 4.78 is 7.91. The number of rotatable bonds is 4. The summed E-state index contributed by atoms with van der Waals surface area (Å²) in [5.41, 5.74) is 7.45. The van der Waals surface area contributed by atoms with Crippen molar-refractivity contribution in [2.75, 3.05) is 0 Å². The van der Waals surface area contributed by atoms with E-state index in [2.05, 4.69) is 52.0 Å². The highest BCUT2D eigenvalue weighted by Gasteiger charge is 2.18. The number of aromatic nitrogens is 5. The fourth-order valence-corrected chi connectivity index (χ4v) is 5.37. The lowest BCUT2D eigenvalue weighted by atomic mass is 10.1. The number of hydrogen-bond acceptors (Lipinski definition) is 5. The second kappa shape index (κ2) is 8.99. The summed E-state index contributed by atoms with van der Waals surface area (Å²) in [7, 11) is 0. The molecule has 0 saturated carbocycles. The predicted molar refractivity (Wildman–Crippen MR) is 158 cm³/mol. The van der Waals surface area contributed by atoms with Crippen molar-refractivity contribution in [3.8, 4) is 39.9 Å². The third-order valence-corrected chi connectivity index (χ3v) is 7.20. The molecule has 0 radical (unpaired) electrons. The molecule has 0 aliphatic carbocycles. The van der Waals surface area contributed by atoms with E-state index in [9.17, 15) is 0 Å². The Morgan fingerprint density at radius 2 is 1.15 bits per heavy atom. The van der Waals surface area contributed by atoms with Gasteiger partial charge in [-0.25, -0.2) is 19.9 Å². The fraction of sp³-hybridized carbons (Fsp3) is 0. The van der Waals surface area contributed by atoms with E-state index >= 15 is 0 Å². The lowest BCUT2D eigenvalue weighted by Gasteiger charge is -2.11. The maximum absolute atomic E-state index is 5.66. The summed E-state index contributed by atoms with van der Waals surface area (Å²) in [6.07, 6.45) is 1.50. The summed E-state index contributed by atoms with van der Waals surface area (Å²) in [6, 6.07) is 40.9. The van der Waals surface area contributed by atoms with E-state index in [0.29, 0.717) is 17.5 Å². The van der Waals surface area contributed by atoms with Crippen molar-refractivity contribution in [2.24, 2.45) is 0 Å². The Morgan fingerprint density at radius 3 is 1.88 bits per heavy atom. The molecule has 40 heavy (non-hydrogen) atoms. The fourth-order valence-electron chi connectivity index (χ4n) is 5.37. The first-order chi connectivity index (χ1) is 19.8. The summed E-state index contributed by atoms with van der Waals surface area (Å²) >= 11 is 0. The second-order valence-electron chi connectivity index (χ2n) is 9.60. The van der Waals surface area contributed by atoms with Gasteiger partial charge in [0.25, 0.3) is 0 Å². The molecular weight excluding hydrogens is 494 g/mol. The van der Waals surface area contributed by atoms with Gasteiger partial charge < -0.3 is 8.98 Å². The van der Waals surface area contributed by atoms with Gasteiger partial charge in [0.15, 0.2) is 29.4 Å². The van der Waals surface area contributed by atoms with Crippen LogP contribution in [0.3, 0.4) is 0 Å². The highest BCUT2D eigenvalue weighted by Crippen LogP contribution is 2.36. The molecular formula is C34H21N5O. The van der Waals surface area contributed by atoms with Gasteiger partial charge in [-0.3, -0.25) is 0 Å². The number of nitrogens with zero attached hydrogens (tertiary/aromatic N) is 5. The molecule has 0 unspecified atom stereocenters. The van der Waals surface area contributed by atoms with E-state index < -0.39 is 0 Å². The van der Waals surface area contributed by atoms with Gasteiger partial charge in [0.2, 0.25) is 0 Å². The van der Waals surface area contributed by atoms with Crippen LogP contribution in [0.2, 0.25) is 0 Å². The number of para-hydroxylation sites is 1. The minimum atomic E-state index is 0.613. The van der Waals surface area contributed by atoms with Crippen LogP contribution in [0.5, 0.6) is 0 Å².